The second-order valence-electron chi connectivity index (χ2n) is 6.79. The number of hydrogen-bond donors (Lipinski definition) is 1. The van der Waals surface area contributed by atoms with E-state index in [0.717, 1.165) is 13.1 Å². The van der Waals surface area contributed by atoms with Gasteiger partial charge in [-0.05, 0) is 37.5 Å². The molecule has 2 atom stereocenters. The average molecular weight is 296 g/mol. The Morgan fingerprint density at radius 2 is 1.71 bits per heavy atom. The van der Waals surface area contributed by atoms with E-state index >= 15 is 0 Å². The number of piperidine rings is 1. The van der Waals surface area contributed by atoms with Crippen LogP contribution in [-0.4, -0.2) is 66.8 Å². The van der Waals surface area contributed by atoms with Gasteiger partial charge in [0.25, 0.3) is 0 Å². The third-order valence-corrected chi connectivity index (χ3v) is 5.62. The van der Waals surface area contributed by atoms with E-state index in [2.05, 4.69) is 0 Å². The standard InChI is InChI=1S/C15H24N2O4/c1-21-10-15(13(18)19)4-6-16(7-5-15)14(20)17-8-11-2-3-12(11)9-17/h11-12H,2-10H2,1H3,(H,18,19)/t11-,12+. The first kappa shape index (κ1) is 14.6. The number of hydrogen-bond acceptors (Lipinski definition) is 3. The van der Waals surface area contributed by atoms with Crippen molar-refractivity contribution in [2.45, 2.75) is 25.7 Å². The Kier molecular flexibility index (Phi) is 3.82. The van der Waals surface area contributed by atoms with Crippen LogP contribution in [0.4, 0.5) is 4.79 Å². The van der Waals surface area contributed by atoms with Crippen molar-refractivity contribution in [1.82, 2.24) is 9.80 Å². The summed E-state index contributed by atoms with van der Waals surface area (Å²) in [4.78, 5) is 27.8. The fraction of sp³-hybridized carbons (Fsp3) is 0.867. The summed E-state index contributed by atoms with van der Waals surface area (Å²) < 4.78 is 5.08. The van der Waals surface area contributed by atoms with E-state index in [4.69, 9.17) is 4.74 Å². The minimum absolute atomic E-state index is 0.0980. The van der Waals surface area contributed by atoms with Crippen LogP contribution in [0.5, 0.6) is 0 Å². The molecule has 3 fully saturated rings. The first-order chi connectivity index (χ1) is 10.1. The van der Waals surface area contributed by atoms with E-state index in [-0.39, 0.29) is 12.6 Å². The molecule has 0 aromatic rings. The molecule has 1 aliphatic carbocycles. The van der Waals surface area contributed by atoms with Crippen LogP contribution < -0.4 is 0 Å². The quantitative estimate of drug-likeness (QED) is 0.851. The van der Waals surface area contributed by atoms with Crippen LogP contribution in [0.15, 0.2) is 0 Å². The van der Waals surface area contributed by atoms with Gasteiger partial charge in [0.15, 0.2) is 0 Å². The Morgan fingerprint density at radius 1 is 1.14 bits per heavy atom. The lowest BCUT2D eigenvalue weighted by atomic mass is 9.77. The molecule has 0 spiro atoms. The lowest BCUT2D eigenvalue weighted by molar-refractivity contribution is -0.155. The molecule has 0 aromatic heterocycles. The normalized spacial score (nSPS) is 30.7. The molecule has 6 heteroatoms. The molecule has 1 saturated carbocycles. The highest BCUT2D eigenvalue weighted by atomic mass is 16.5. The minimum atomic E-state index is -0.824. The number of ether oxygens (including phenoxy) is 1. The maximum Gasteiger partial charge on any atom is 0.320 e. The number of fused-ring (bicyclic) bond motifs is 1. The minimum Gasteiger partial charge on any atom is -0.481 e. The second-order valence-corrected chi connectivity index (χ2v) is 6.79. The molecule has 0 unspecified atom stereocenters. The summed E-state index contributed by atoms with van der Waals surface area (Å²) in [5.74, 6) is 0.617. The lowest BCUT2D eigenvalue weighted by Crippen LogP contribution is -2.51. The highest BCUT2D eigenvalue weighted by molar-refractivity contribution is 5.77. The van der Waals surface area contributed by atoms with Gasteiger partial charge in [-0.25, -0.2) is 4.79 Å². The molecule has 2 heterocycles. The number of rotatable bonds is 3. The molecule has 6 nitrogen and oxygen atoms in total. The Labute approximate surface area is 125 Å². The van der Waals surface area contributed by atoms with Gasteiger partial charge in [0, 0.05) is 33.3 Å². The van der Waals surface area contributed by atoms with E-state index in [1.807, 2.05) is 9.80 Å². The van der Waals surface area contributed by atoms with Crippen LogP contribution in [0, 0.1) is 17.3 Å². The predicted molar refractivity (Wildman–Crippen MR) is 75.9 cm³/mol. The predicted octanol–water partition coefficient (Wildman–Crippen LogP) is 1.26. The van der Waals surface area contributed by atoms with Crippen LogP contribution in [0.25, 0.3) is 0 Å². The summed E-state index contributed by atoms with van der Waals surface area (Å²) in [6.07, 6.45) is 3.46. The Morgan fingerprint density at radius 3 is 2.14 bits per heavy atom. The van der Waals surface area contributed by atoms with Gasteiger partial charge in [-0.3, -0.25) is 4.79 Å². The van der Waals surface area contributed by atoms with Crippen LogP contribution >= 0.6 is 0 Å². The van der Waals surface area contributed by atoms with Gasteiger partial charge in [0.2, 0.25) is 0 Å². The summed E-state index contributed by atoms with van der Waals surface area (Å²) >= 11 is 0. The zero-order valence-electron chi connectivity index (χ0n) is 12.6. The van der Waals surface area contributed by atoms with Gasteiger partial charge in [-0.1, -0.05) is 0 Å². The molecule has 2 aliphatic heterocycles. The molecule has 0 bridgehead atoms. The number of aliphatic carboxylic acids is 1. The highest BCUT2D eigenvalue weighted by Crippen LogP contribution is 2.41. The summed E-state index contributed by atoms with van der Waals surface area (Å²) in [7, 11) is 1.53. The smallest absolute Gasteiger partial charge is 0.320 e. The summed E-state index contributed by atoms with van der Waals surface area (Å²) in [5.41, 5.74) is -0.824. The summed E-state index contributed by atoms with van der Waals surface area (Å²) in [6, 6.07) is 0.0980. The molecule has 3 rings (SSSR count). The molecular formula is C15H24N2O4. The number of carboxylic acids is 1. The second kappa shape index (κ2) is 5.48. The number of methoxy groups -OCH3 is 1. The van der Waals surface area contributed by atoms with Crippen molar-refractivity contribution in [3.8, 4) is 0 Å². The van der Waals surface area contributed by atoms with Crippen molar-refractivity contribution in [2.24, 2.45) is 17.3 Å². The maximum atomic E-state index is 12.5. The number of nitrogens with zero attached hydrogens (tertiary/aromatic N) is 2. The van der Waals surface area contributed by atoms with Crippen molar-refractivity contribution in [2.75, 3.05) is 39.9 Å². The molecular weight excluding hydrogens is 272 g/mol. The van der Waals surface area contributed by atoms with E-state index in [1.165, 1.54) is 20.0 Å². The lowest BCUT2D eigenvalue weighted by Gasteiger charge is -2.39. The van der Waals surface area contributed by atoms with Crippen LogP contribution in [0.2, 0.25) is 0 Å². The Bertz CT molecular complexity index is 419. The molecule has 118 valence electrons. The van der Waals surface area contributed by atoms with Crippen molar-refractivity contribution in [3.63, 3.8) is 0 Å². The van der Waals surface area contributed by atoms with Gasteiger partial charge < -0.3 is 19.6 Å². The maximum absolute atomic E-state index is 12.5. The van der Waals surface area contributed by atoms with Gasteiger partial charge >= 0.3 is 12.0 Å². The summed E-state index contributed by atoms with van der Waals surface area (Å²) in [6.45, 7) is 3.03. The number of amides is 2. The largest absolute Gasteiger partial charge is 0.481 e. The topological polar surface area (TPSA) is 70.1 Å². The molecule has 2 saturated heterocycles. The average Bonchev–Trinajstić information content (AvgIpc) is 2.74. The molecule has 3 aliphatic rings. The fourth-order valence-corrected chi connectivity index (χ4v) is 3.94. The van der Waals surface area contributed by atoms with Crippen LogP contribution in [0.3, 0.4) is 0 Å². The number of urea groups is 1. The molecule has 0 radical (unpaired) electrons. The number of carboxylic acid groups (broad SMARTS) is 1. The van der Waals surface area contributed by atoms with E-state index < -0.39 is 11.4 Å². The zero-order valence-corrected chi connectivity index (χ0v) is 12.6. The SMILES string of the molecule is COCC1(C(=O)O)CCN(C(=O)N2C[C@H]3CC[C@H]3C2)CC1. The molecule has 2 amide bonds. The van der Waals surface area contributed by atoms with Crippen molar-refractivity contribution < 1.29 is 19.4 Å². The van der Waals surface area contributed by atoms with Gasteiger partial charge in [0.1, 0.15) is 0 Å². The number of likely N-dealkylation sites (tertiary alicyclic amines) is 2. The summed E-state index contributed by atoms with van der Waals surface area (Å²) in [5, 5.41) is 9.44. The zero-order chi connectivity index (χ0) is 15.0. The first-order valence-electron chi connectivity index (χ1n) is 7.82. The Balaban J connectivity index is 1.57. The van der Waals surface area contributed by atoms with E-state index in [0.29, 0.717) is 37.8 Å². The molecule has 0 aromatic carbocycles. The molecule has 1 N–H and O–H groups in total. The van der Waals surface area contributed by atoms with Crippen molar-refractivity contribution >= 4 is 12.0 Å². The third kappa shape index (κ3) is 2.50. The highest BCUT2D eigenvalue weighted by Gasteiger charge is 2.45. The van der Waals surface area contributed by atoms with Crippen molar-refractivity contribution in [3.05, 3.63) is 0 Å². The van der Waals surface area contributed by atoms with Crippen molar-refractivity contribution in [1.29, 1.82) is 0 Å². The monoisotopic (exact) mass is 296 g/mol. The number of carbonyl (C=O) groups is 2. The van der Waals surface area contributed by atoms with Crippen LogP contribution in [-0.2, 0) is 9.53 Å². The third-order valence-electron chi connectivity index (χ3n) is 5.62. The fourth-order valence-electron chi connectivity index (χ4n) is 3.94. The number of carbonyl (C=O) groups excluding carboxylic acids is 1. The van der Waals surface area contributed by atoms with Gasteiger partial charge in [0.05, 0.1) is 12.0 Å². The van der Waals surface area contributed by atoms with E-state index in [9.17, 15) is 14.7 Å². The van der Waals surface area contributed by atoms with Gasteiger partial charge in [-0.15, -0.1) is 0 Å². The first-order valence-corrected chi connectivity index (χ1v) is 7.82. The Hall–Kier alpha value is -1.30. The molecule has 21 heavy (non-hydrogen) atoms. The van der Waals surface area contributed by atoms with Gasteiger partial charge in [-0.2, -0.15) is 0 Å². The van der Waals surface area contributed by atoms with Crippen LogP contribution in [0.1, 0.15) is 25.7 Å². The van der Waals surface area contributed by atoms with E-state index in [1.54, 1.807) is 0 Å².